The van der Waals surface area contributed by atoms with Crippen LogP contribution in [0.1, 0.15) is 53.7 Å². The van der Waals surface area contributed by atoms with Gasteiger partial charge in [0.1, 0.15) is 17.2 Å². The van der Waals surface area contributed by atoms with Gasteiger partial charge in [0.25, 0.3) is 11.5 Å². The van der Waals surface area contributed by atoms with E-state index in [-0.39, 0.29) is 40.9 Å². The number of fused-ring (bicyclic) bond motifs is 1. The quantitative estimate of drug-likeness (QED) is 0.345. The summed E-state index contributed by atoms with van der Waals surface area (Å²) in [6.07, 6.45) is 1.68. The van der Waals surface area contributed by atoms with Gasteiger partial charge < -0.3 is 15.4 Å². The first kappa shape index (κ1) is 24.6. The van der Waals surface area contributed by atoms with Gasteiger partial charge in [0.05, 0.1) is 16.6 Å². The van der Waals surface area contributed by atoms with E-state index in [9.17, 15) is 23.5 Å². The van der Waals surface area contributed by atoms with E-state index in [0.717, 1.165) is 0 Å². The third-order valence-corrected chi connectivity index (χ3v) is 5.98. The van der Waals surface area contributed by atoms with Crippen LogP contribution >= 0.6 is 11.6 Å². The molecule has 2 aromatic heterocycles. The maximum Gasteiger partial charge on any atom is 0.275 e. The van der Waals surface area contributed by atoms with E-state index in [1.807, 2.05) is 13.8 Å². The maximum atomic E-state index is 13.6. The van der Waals surface area contributed by atoms with Crippen molar-refractivity contribution in [2.24, 2.45) is 0 Å². The molecule has 3 N–H and O–H groups in total. The fourth-order valence-corrected chi connectivity index (χ4v) is 4.21. The largest absolute Gasteiger partial charge is 0.396 e. The first-order chi connectivity index (χ1) is 16.7. The summed E-state index contributed by atoms with van der Waals surface area (Å²) in [5.41, 5.74) is 1.53. The van der Waals surface area contributed by atoms with Crippen molar-refractivity contribution < 1.29 is 18.7 Å². The Morgan fingerprint density at radius 2 is 1.91 bits per heavy atom. The number of hydrogen-bond acceptors (Lipinski definition) is 4. The Bertz CT molecular complexity index is 1450. The van der Waals surface area contributed by atoms with Gasteiger partial charge in [-0.1, -0.05) is 37.6 Å². The summed E-state index contributed by atoms with van der Waals surface area (Å²) in [5, 5.41) is 16.7. The highest BCUT2D eigenvalue weighted by atomic mass is 35.5. The van der Waals surface area contributed by atoms with E-state index in [1.54, 1.807) is 12.1 Å². The zero-order valence-electron chi connectivity index (χ0n) is 19.0. The second-order valence-electron chi connectivity index (χ2n) is 8.43. The smallest absolute Gasteiger partial charge is 0.275 e. The Morgan fingerprint density at radius 1 is 1.20 bits per heavy atom. The number of aromatic amines is 1. The minimum atomic E-state index is -0.598. The van der Waals surface area contributed by atoms with Gasteiger partial charge in [-0.25, -0.2) is 13.3 Å². The number of benzene rings is 2. The summed E-state index contributed by atoms with van der Waals surface area (Å²) < 4.78 is 28.3. The van der Waals surface area contributed by atoms with Crippen LogP contribution in [0.15, 0.2) is 53.5 Å². The second-order valence-corrected chi connectivity index (χ2v) is 8.83. The normalized spacial score (nSPS) is 12.3. The molecular formula is C25H23ClF2N4O3. The lowest BCUT2D eigenvalue weighted by Crippen LogP contribution is -2.29. The molecule has 0 aliphatic rings. The first-order valence-electron chi connectivity index (χ1n) is 11.0. The van der Waals surface area contributed by atoms with E-state index < -0.39 is 29.1 Å². The summed E-state index contributed by atoms with van der Waals surface area (Å²) >= 11 is 5.87. The molecule has 2 heterocycles. The van der Waals surface area contributed by atoms with Crippen molar-refractivity contribution in [2.75, 3.05) is 6.61 Å². The molecule has 0 bridgehead atoms. The Hall–Kier alpha value is -3.56. The molecule has 0 aliphatic heterocycles. The molecule has 0 unspecified atom stereocenters. The van der Waals surface area contributed by atoms with Crippen molar-refractivity contribution in [3.63, 3.8) is 0 Å². The van der Waals surface area contributed by atoms with E-state index in [1.165, 1.54) is 41.0 Å². The maximum absolute atomic E-state index is 13.6. The monoisotopic (exact) mass is 500 g/mol. The fraction of sp³-hybridized carbons (Fsp3) is 0.240. The SMILES string of the molecule is CC(C)c1c(C(=O)N[C@H](CCO)c2ccc(F)cc2)cn2nc(-c3ccc(F)c(Cl)c3)[nH]c(=O)c12. The highest BCUT2D eigenvalue weighted by molar-refractivity contribution is 6.31. The number of carbonyl (C=O) groups excluding carboxylic acids is 1. The Labute approximate surface area is 204 Å². The highest BCUT2D eigenvalue weighted by Crippen LogP contribution is 2.27. The molecule has 0 aliphatic carbocycles. The summed E-state index contributed by atoms with van der Waals surface area (Å²) in [6, 6.07) is 9.04. The molecule has 0 saturated heterocycles. The lowest BCUT2D eigenvalue weighted by Gasteiger charge is -2.19. The van der Waals surface area contributed by atoms with Gasteiger partial charge in [-0.2, -0.15) is 0 Å². The lowest BCUT2D eigenvalue weighted by molar-refractivity contribution is 0.0929. The van der Waals surface area contributed by atoms with Crippen LogP contribution < -0.4 is 10.9 Å². The van der Waals surface area contributed by atoms with Crippen LogP contribution in [0.3, 0.4) is 0 Å². The molecule has 35 heavy (non-hydrogen) atoms. The number of aliphatic hydroxyl groups is 1. The molecule has 182 valence electrons. The predicted octanol–water partition coefficient (Wildman–Crippen LogP) is 4.60. The number of rotatable bonds is 7. The zero-order valence-corrected chi connectivity index (χ0v) is 19.7. The van der Waals surface area contributed by atoms with Gasteiger partial charge in [-0.05, 0) is 48.2 Å². The van der Waals surface area contributed by atoms with Crippen LogP contribution in [0.4, 0.5) is 8.78 Å². The summed E-state index contributed by atoms with van der Waals surface area (Å²) in [4.78, 5) is 29.1. The summed E-state index contributed by atoms with van der Waals surface area (Å²) in [5.74, 6) is -1.51. The van der Waals surface area contributed by atoms with Crippen LogP contribution in [0, 0.1) is 11.6 Å². The van der Waals surface area contributed by atoms with Crippen molar-refractivity contribution in [2.45, 2.75) is 32.2 Å². The van der Waals surface area contributed by atoms with Crippen LogP contribution in [0.25, 0.3) is 16.9 Å². The van der Waals surface area contributed by atoms with Gasteiger partial charge in [0.15, 0.2) is 5.82 Å². The third kappa shape index (κ3) is 4.96. The van der Waals surface area contributed by atoms with Crippen LogP contribution in [0.5, 0.6) is 0 Å². The van der Waals surface area contributed by atoms with E-state index >= 15 is 0 Å². The molecule has 0 saturated carbocycles. The predicted molar refractivity (Wildman–Crippen MR) is 129 cm³/mol. The topological polar surface area (TPSA) is 99.5 Å². The molecule has 4 aromatic rings. The molecule has 10 heteroatoms. The van der Waals surface area contributed by atoms with Crippen LogP contribution in [0.2, 0.25) is 5.02 Å². The van der Waals surface area contributed by atoms with Gasteiger partial charge in [-0.3, -0.25) is 9.59 Å². The number of hydrogen-bond donors (Lipinski definition) is 3. The first-order valence-corrected chi connectivity index (χ1v) is 11.4. The molecular weight excluding hydrogens is 478 g/mol. The number of nitrogens with one attached hydrogen (secondary N) is 2. The van der Waals surface area contributed by atoms with Crippen molar-refractivity contribution in [3.8, 4) is 11.4 Å². The number of amides is 1. The number of nitrogens with zero attached hydrogens (tertiary/aromatic N) is 2. The average molecular weight is 501 g/mol. The van der Waals surface area contributed by atoms with Gasteiger partial charge >= 0.3 is 0 Å². The van der Waals surface area contributed by atoms with Gasteiger partial charge in [0.2, 0.25) is 0 Å². The molecule has 7 nitrogen and oxygen atoms in total. The van der Waals surface area contributed by atoms with Gasteiger partial charge in [0, 0.05) is 23.9 Å². The van der Waals surface area contributed by atoms with E-state index in [4.69, 9.17) is 11.6 Å². The standard InChI is InChI=1S/C25H23ClF2N4O3/c1-13(2)21-17(24(34)29-20(9-10-33)14-3-6-16(27)7-4-14)12-32-22(21)25(35)30-23(31-32)15-5-8-19(28)18(26)11-15/h3-8,11-13,20,33H,9-10H2,1-2H3,(H,29,34)(H,30,31,35)/t20-/m1/s1. The highest BCUT2D eigenvalue weighted by Gasteiger charge is 2.25. The van der Waals surface area contributed by atoms with E-state index in [2.05, 4.69) is 15.4 Å². The lowest BCUT2D eigenvalue weighted by atomic mass is 9.98. The zero-order chi connectivity index (χ0) is 25.3. The van der Waals surface area contributed by atoms with Crippen molar-refractivity contribution >= 4 is 23.0 Å². The van der Waals surface area contributed by atoms with E-state index in [0.29, 0.717) is 16.7 Å². The molecule has 1 atom stereocenters. The number of aromatic nitrogens is 3. The number of aliphatic hydroxyl groups excluding tert-OH is 1. The Morgan fingerprint density at radius 3 is 2.54 bits per heavy atom. The molecule has 2 aromatic carbocycles. The third-order valence-electron chi connectivity index (χ3n) is 5.69. The van der Waals surface area contributed by atoms with Crippen LogP contribution in [-0.4, -0.2) is 32.2 Å². The van der Waals surface area contributed by atoms with Crippen LogP contribution in [-0.2, 0) is 0 Å². The second kappa shape index (κ2) is 9.97. The summed E-state index contributed by atoms with van der Waals surface area (Å²) in [6.45, 7) is 3.51. The minimum absolute atomic E-state index is 0.114. The number of halogens is 3. The minimum Gasteiger partial charge on any atom is -0.396 e. The van der Waals surface area contributed by atoms with Crippen molar-refractivity contribution in [3.05, 3.63) is 92.4 Å². The molecule has 4 rings (SSSR count). The molecule has 0 fully saturated rings. The molecule has 0 radical (unpaired) electrons. The van der Waals surface area contributed by atoms with Crippen molar-refractivity contribution in [1.29, 1.82) is 0 Å². The van der Waals surface area contributed by atoms with Crippen molar-refractivity contribution in [1.82, 2.24) is 19.9 Å². The Balaban J connectivity index is 1.77. The number of carbonyl (C=O) groups is 1. The fourth-order valence-electron chi connectivity index (χ4n) is 4.03. The molecule has 1 amide bonds. The van der Waals surface area contributed by atoms with Gasteiger partial charge in [-0.15, -0.1) is 5.10 Å². The Kier molecular flexibility index (Phi) is 7.00. The molecule has 0 spiro atoms. The number of H-pyrrole nitrogens is 1. The summed E-state index contributed by atoms with van der Waals surface area (Å²) in [7, 11) is 0. The average Bonchev–Trinajstić information content (AvgIpc) is 3.22.